The molecule has 1 nitrogen and oxygen atoms in total. The van der Waals surface area contributed by atoms with E-state index in [1.54, 1.807) is 0 Å². The smallest absolute Gasteiger partial charge is 0.162 e. The molecule has 0 N–H and O–H groups in total. The lowest BCUT2D eigenvalue weighted by atomic mass is 9.71. The van der Waals surface area contributed by atoms with Crippen molar-refractivity contribution >= 4 is 15.9 Å². The summed E-state index contributed by atoms with van der Waals surface area (Å²) in [5.74, 6) is -1.31. The molecule has 0 aliphatic heterocycles. The molecular formula is C12H13BrF2O. The summed E-state index contributed by atoms with van der Waals surface area (Å²) in [7, 11) is 0. The third-order valence-electron chi connectivity index (χ3n) is 3.13. The maximum Gasteiger partial charge on any atom is 0.162 e. The maximum absolute atomic E-state index is 12.9. The van der Waals surface area contributed by atoms with Crippen LogP contribution in [0, 0.1) is 17.0 Å². The van der Waals surface area contributed by atoms with Crippen LogP contribution in [0.3, 0.4) is 0 Å². The fourth-order valence-electron chi connectivity index (χ4n) is 1.80. The van der Waals surface area contributed by atoms with E-state index in [0.29, 0.717) is 12.4 Å². The van der Waals surface area contributed by atoms with Crippen LogP contribution in [0.15, 0.2) is 18.2 Å². The van der Waals surface area contributed by atoms with E-state index in [1.807, 2.05) is 0 Å². The molecule has 1 fully saturated rings. The third-order valence-corrected chi connectivity index (χ3v) is 4.32. The second-order valence-corrected chi connectivity index (χ2v) is 4.91. The van der Waals surface area contributed by atoms with Gasteiger partial charge in [-0.2, -0.15) is 0 Å². The van der Waals surface area contributed by atoms with E-state index in [1.165, 1.54) is 12.5 Å². The molecule has 1 aromatic carbocycles. The molecule has 1 aliphatic rings. The first-order chi connectivity index (χ1) is 7.65. The van der Waals surface area contributed by atoms with Gasteiger partial charge in [-0.15, -0.1) is 0 Å². The van der Waals surface area contributed by atoms with Crippen LogP contribution in [0.2, 0.25) is 0 Å². The minimum atomic E-state index is -0.862. The van der Waals surface area contributed by atoms with Gasteiger partial charge in [-0.05, 0) is 25.0 Å². The molecule has 16 heavy (non-hydrogen) atoms. The number of ether oxygens (including phenoxy) is 1. The van der Waals surface area contributed by atoms with Gasteiger partial charge in [0.15, 0.2) is 11.6 Å². The Kier molecular flexibility index (Phi) is 3.47. The van der Waals surface area contributed by atoms with Crippen molar-refractivity contribution in [3.05, 3.63) is 29.8 Å². The Bertz CT molecular complexity index is 372. The molecule has 0 spiro atoms. The van der Waals surface area contributed by atoms with Gasteiger partial charge in [-0.1, -0.05) is 22.4 Å². The van der Waals surface area contributed by atoms with Crippen molar-refractivity contribution < 1.29 is 13.5 Å². The fourth-order valence-corrected chi connectivity index (χ4v) is 2.52. The molecule has 1 aliphatic carbocycles. The van der Waals surface area contributed by atoms with Crippen LogP contribution in [0.25, 0.3) is 0 Å². The standard InChI is InChI=1S/C12H13BrF2O/c13-7-12(4-1-5-12)8-16-9-2-3-10(14)11(15)6-9/h2-3,6H,1,4-5,7-8H2. The van der Waals surface area contributed by atoms with Gasteiger partial charge in [0.1, 0.15) is 5.75 Å². The normalized spacial score (nSPS) is 17.9. The first-order valence-corrected chi connectivity index (χ1v) is 6.41. The minimum Gasteiger partial charge on any atom is -0.493 e. The molecule has 2 rings (SSSR count). The highest BCUT2D eigenvalue weighted by molar-refractivity contribution is 9.09. The quantitative estimate of drug-likeness (QED) is 0.764. The average Bonchev–Trinajstić information content (AvgIpc) is 2.22. The van der Waals surface area contributed by atoms with Crippen molar-refractivity contribution in [2.24, 2.45) is 5.41 Å². The van der Waals surface area contributed by atoms with Gasteiger partial charge >= 0.3 is 0 Å². The fraction of sp³-hybridized carbons (Fsp3) is 0.500. The van der Waals surface area contributed by atoms with Gasteiger partial charge in [0.05, 0.1) is 6.61 Å². The third kappa shape index (κ3) is 2.37. The zero-order chi connectivity index (χ0) is 11.6. The Morgan fingerprint density at radius 1 is 1.25 bits per heavy atom. The van der Waals surface area contributed by atoms with E-state index in [2.05, 4.69) is 15.9 Å². The largest absolute Gasteiger partial charge is 0.493 e. The number of hydrogen-bond donors (Lipinski definition) is 0. The monoisotopic (exact) mass is 290 g/mol. The highest BCUT2D eigenvalue weighted by atomic mass is 79.9. The Hall–Kier alpha value is -0.640. The molecule has 0 radical (unpaired) electrons. The summed E-state index contributed by atoms with van der Waals surface area (Å²) < 4.78 is 31.1. The summed E-state index contributed by atoms with van der Waals surface area (Å²) in [4.78, 5) is 0. The van der Waals surface area contributed by atoms with Crippen LogP contribution in [-0.4, -0.2) is 11.9 Å². The molecule has 0 heterocycles. The average molecular weight is 291 g/mol. The van der Waals surface area contributed by atoms with Crippen molar-refractivity contribution in [2.75, 3.05) is 11.9 Å². The molecule has 0 atom stereocenters. The van der Waals surface area contributed by atoms with Crippen molar-refractivity contribution in [1.29, 1.82) is 0 Å². The SMILES string of the molecule is Fc1ccc(OCC2(CBr)CCC2)cc1F. The lowest BCUT2D eigenvalue weighted by Crippen LogP contribution is -2.37. The van der Waals surface area contributed by atoms with Crippen molar-refractivity contribution in [1.82, 2.24) is 0 Å². The summed E-state index contributed by atoms with van der Waals surface area (Å²) in [5.41, 5.74) is 0.185. The zero-order valence-electron chi connectivity index (χ0n) is 8.81. The Morgan fingerprint density at radius 3 is 2.50 bits per heavy atom. The van der Waals surface area contributed by atoms with Crippen molar-refractivity contribution in [3.8, 4) is 5.75 Å². The van der Waals surface area contributed by atoms with Crippen LogP contribution < -0.4 is 4.74 Å². The highest BCUT2D eigenvalue weighted by Crippen LogP contribution is 2.42. The lowest BCUT2D eigenvalue weighted by Gasteiger charge is -2.39. The summed E-state index contributed by atoms with van der Waals surface area (Å²) >= 11 is 3.47. The Morgan fingerprint density at radius 2 is 2.00 bits per heavy atom. The highest BCUT2D eigenvalue weighted by Gasteiger charge is 2.36. The van der Waals surface area contributed by atoms with Gasteiger partial charge in [-0.3, -0.25) is 0 Å². The molecule has 0 aromatic heterocycles. The molecule has 0 amide bonds. The van der Waals surface area contributed by atoms with Gasteiger partial charge in [0, 0.05) is 16.8 Å². The predicted molar refractivity (Wildman–Crippen MR) is 61.9 cm³/mol. The number of rotatable bonds is 4. The molecule has 1 saturated carbocycles. The van der Waals surface area contributed by atoms with Crippen LogP contribution in [0.4, 0.5) is 8.78 Å². The topological polar surface area (TPSA) is 9.23 Å². The minimum absolute atomic E-state index is 0.185. The number of halogens is 3. The van der Waals surface area contributed by atoms with Gasteiger partial charge < -0.3 is 4.74 Å². The first kappa shape index (κ1) is 11.8. The van der Waals surface area contributed by atoms with Gasteiger partial charge in [-0.25, -0.2) is 8.78 Å². The molecule has 0 unspecified atom stereocenters. The summed E-state index contributed by atoms with van der Waals surface area (Å²) in [5, 5.41) is 0.893. The second kappa shape index (κ2) is 4.70. The van der Waals surface area contributed by atoms with Crippen LogP contribution >= 0.6 is 15.9 Å². The Labute approximate surface area is 102 Å². The molecule has 0 saturated heterocycles. The van der Waals surface area contributed by atoms with Crippen LogP contribution in [-0.2, 0) is 0 Å². The number of hydrogen-bond acceptors (Lipinski definition) is 1. The van der Waals surface area contributed by atoms with E-state index in [0.717, 1.165) is 30.3 Å². The lowest BCUT2D eigenvalue weighted by molar-refractivity contribution is 0.0835. The first-order valence-electron chi connectivity index (χ1n) is 5.29. The maximum atomic E-state index is 12.9. The van der Waals surface area contributed by atoms with Gasteiger partial charge in [0.2, 0.25) is 0 Å². The Balaban J connectivity index is 1.96. The molecule has 4 heteroatoms. The van der Waals surface area contributed by atoms with E-state index >= 15 is 0 Å². The van der Waals surface area contributed by atoms with Crippen LogP contribution in [0.1, 0.15) is 19.3 Å². The molecular weight excluding hydrogens is 278 g/mol. The summed E-state index contributed by atoms with van der Waals surface area (Å²) in [6, 6.07) is 3.64. The summed E-state index contributed by atoms with van der Waals surface area (Å²) in [6.07, 6.45) is 3.47. The number of alkyl halides is 1. The molecule has 0 bridgehead atoms. The zero-order valence-corrected chi connectivity index (χ0v) is 10.4. The van der Waals surface area contributed by atoms with Crippen molar-refractivity contribution in [2.45, 2.75) is 19.3 Å². The van der Waals surface area contributed by atoms with E-state index < -0.39 is 11.6 Å². The molecule has 1 aromatic rings. The predicted octanol–water partition coefficient (Wildman–Crippen LogP) is 3.91. The van der Waals surface area contributed by atoms with Crippen LogP contribution in [0.5, 0.6) is 5.75 Å². The second-order valence-electron chi connectivity index (χ2n) is 4.35. The molecule has 88 valence electrons. The van der Waals surface area contributed by atoms with Crippen molar-refractivity contribution in [3.63, 3.8) is 0 Å². The number of benzene rings is 1. The van der Waals surface area contributed by atoms with Gasteiger partial charge in [0.25, 0.3) is 0 Å². The summed E-state index contributed by atoms with van der Waals surface area (Å²) in [6.45, 7) is 0.559. The van der Waals surface area contributed by atoms with E-state index in [9.17, 15) is 8.78 Å². The van der Waals surface area contributed by atoms with E-state index in [-0.39, 0.29) is 5.41 Å². The van der Waals surface area contributed by atoms with E-state index in [4.69, 9.17) is 4.74 Å².